The van der Waals surface area contributed by atoms with Crippen molar-refractivity contribution in [3.05, 3.63) is 53.6 Å². The molecule has 2 aromatic rings. The summed E-state index contributed by atoms with van der Waals surface area (Å²) in [4.78, 5) is 15.8. The second-order valence-electron chi connectivity index (χ2n) is 5.18. The number of hydrogen-bond acceptors (Lipinski definition) is 3. The predicted octanol–water partition coefficient (Wildman–Crippen LogP) is 3.58. The summed E-state index contributed by atoms with van der Waals surface area (Å²) in [6.07, 6.45) is 4.02. The largest absolute Gasteiger partial charge is 0.399 e. The van der Waals surface area contributed by atoms with E-state index < -0.39 is 0 Å². The summed E-state index contributed by atoms with van der Waals surface area (Å²) in [5, 5.41) is 0. The quantitative estimate of drug-likeness (QED) is 0.681. The molecule has 2 N–H and O–H groups in total. The van der Waals surface area contributed by atoms with Gasteiger partial charge in [0.2, 0.25) is 0 Å². The summed E-state index contributed by atoms with van der Waals surface area (Å²) in [6.45, 7) is 0.750. The summed E-state index contributed by atoms with van der Waals surface area (Å²) in [5.74, 6) is 0.0502. The summed E-state index contributed by atoms with van der Waals surface area (Å²) >= 11 is 1.67. The molecule has 1 amide bonds. The Morgan fingerprint density at radius 1 is 1.19 bits per heavy atom. The molecule has 1 aliphatic rings. The van der Waals surface area contributed by atoms with Gasteiger partial charge in [-0.25, -0.2) is 0 Å². The number of nitrogen functional groups attached to an aromatic ring is 1. The van der Waals surface area contributed by atoms with E-state index in [1.165, 1.54) is 5.56 Å². The van der Waals surface area contributed by atoms with Crippen molar-refractivity contribution >= 4 is 29.0 Å². The Hall–Kier alpha value is -1.94. The van der Waals surface area contributed by atoms with Crippen LogP contribution in [-0.4, -0.2) is 18.7 Å². The summed E-state index contributed by atoms with van der Waals surface area (Å²) in [5.41, 5.74) is 9.46. The van der Waals surface area contributed by atoms with E-state index >= 15 is 0 Å². The number of carbonyl (C=O) groups excluding carboxylic acids is 1. The first-order valence-corrected chi connectivity index (χ1v) is 8.26. The Balaban J connectivity index is 1.93. The Morgan fingerprint density at radius 2 is 1.95 bits per heavy atom. The Kier molecular flexibility index (Phi) is 3.88. The number of anilines is 2. The first-order valence-electron chi connectivity index (χ1n) is 7.03. The SMILES string of the molecule is CSc1ccc(C(=O)N2CCCc3ccc(N)cc32)cc1. The standard InChI is InChI=1S/C17H18N2OS/c1-21-15-8-5-13(6-9-15)17(20)19-10-2-3-12-4-7-14(18)11-16(12)19/h4-9,11H,2-3,10,18H2,1H3. The molecular weight excluding hydrogens is 280 g/mol. The van der Waals surface area contributed by atoms with E-state index in [4.69, 9.17) is 5.73 Å². The van der Waals surface area contributed by atoms with E-state index in [1.807, 2.05) is 53.6 Å². The fourth-order valence-electron chi connectivity index (χ4n) is 2.69. The molecule has 0 bridgehead atoms. The van der Waals surface area contributed by atoms with Crippen molar-refractivity contribution in [1.29, 1.82) is 0 Å². The lowest BCUT2D eigenvalue weighted by atomic mass is 10.00. The highest BCUT2D eigenvalue weighted by Gasteiger charge is 2.23. The molecule has 0 aromatic heterocycles. The maximum absolute atomic E-state index is 12.8. The van der Waals surface area contributed by atoms with Crippen LogP contribution in [0.15, 0.2) is 47.4 Å². The molecule has 2 aromatic carbocycles. The molecule has 0 saturated heterocycles. The van der Waals surface area contributed by atoms with Gasteiger partial charge >= 0.3 is 0 Å². The molecule has 1 aliphatic heterocycles. The third kappa shape index (κ3) is 2.76. The van der Waals surface area contributed by atoms with Crippen LogP contribution in [0.25, 0.3) is 0 Å². The molecule has 0 saturated carbocycles. The van der Waals surface area contributed by atoms with Crippen molar-refractivity contribution in [2.45, 2.75) is 17.7 Å². The minimum absolute atomic E-state index is 0.0502. The van der Waals surface area contributed by atoms with Gasteiger partial charge in [0.15, 0.2) is 0 Å². The number of nitrogens with two attached hydrogens (primary N) is 1. The maximum atomic E-state index is 12.8. The van der Waals surface area contributed by atoms with Gasteiger partial charge in [0.05, 0.1) is 0 Å². The molecular formula is C17H18N2OS. The maximum Gasteiger partial charge on any atom is 0.258 e. The van der Waals surface area contributed by atoms with Crippen LogP contribution in [0, 0.1) is 0 Å². The molecule has 21 heavy (non-hydrogen) atoms. The van der Waals surface area contributed by atoms with Crippen LogP contribution in [0.1, 0.15) is 22.3 Å². The van der Waals surface area contributed by atoms with E-state index in [2.05, 4.69) is 0 Å². The first kappa shape index (κ1) is 14.0. The van der Waals surface area contributed by atoms with Crippen molar-refractivity contribution in [2.75, 3.05) is 23.4 Å². The lowest BCUT2D eigenvalue weighted by Crippen LogP contribution is -2.35. The zero-order valence-electron chi connectivity index (χ0n) is 12.0. The summed E-state index contributed by atoms with van der Waals surface area (Å²) in [6, 6.07) is 13.6. The minimum Gasteiger partial charge on any atom is -0.399 e. The van der Waals surface area contributed by atoms with Crippen LogP contribution in [0.3, 0.4) is 0 Å². The second-order valence-corrected chi connectivity index (χ2v) is 6.06. The van der Waals surface area contributed by atoms with E-state index in [1.54, 1.807) is 11.8 Å². The number of thioether (sulfide) groups is 1. The molecule has 3 rings (SSSR count). The van der Waals surface area contributed by atoms with Gasteiger partial charge in [0.25, 0.3) is 5.91 Å². The fraction of sp³-hybridized carbons (Fsp3) is 0.235. The lowest BCUT2D eigenvalue weighted by molar-refractivity contribution is 0.0985. The van der Waals surface area contributed by atoms with Crippen LogP contribution in [0.5, 0.6) is 0 Å². The van der Waals surface area contributed by atoms with Crippen LogP contribution >= 0.6 is 11.8 Å². The topological polar surface area (TPSA) is 46.3 Å². The van der Waals surface area contributed by atoms with Crippen molar-refractivity contribution in [3.63, 3.8) is 0 Å². The third-order valence-electron chi connectivity index (χ3n) is 3.81. The first-order chi connectivity index (χ1) is 10.2. The molecule has 0 aliphatic carbocycles. The molecule has 1 heterocycles. The number of fused-ring (bicyclic) bond motifs is 1. The molecule has 0 atom stereocenters. The monoisotopic (exact) mass is 298 g/mol. The van der Waals surface area contributed by atoms with Crippen LogP contribution < -0.4 is 10.6 Å². The number of aryl methyl sites for hydroxylation is 1. The van der Waals surface area contributed by atoms with Gasteiger partial charge in [-0.05, 0) is 61.1 Å². The third-order valence-corrected chi connectivity index (χ3v) is 4.55. The van der Waals surface area contributed by atoms with Crippen LogP contribution in [0.2, 0.25) is 0 Å². The Bertz CT molecular complexity index is 667. The molecule has 0 spiro atoms. The number of benzene rings is 2. The molecule has 3 nitrogen and oxygen atoms in total. The van der Waals surface area contributed by atoms with Crippen molar-refractivity contribution in [1.82, 2.24) is 0 Å². The van der Waals surface area contributed by atoms with E-state index in [9.17, 15) is 4.79 Å². The van der Waals surface area contributed by atoms with E-state index in [-0.39, 0.29) is 5.91 Å². The normalized spacial score (nSPS) is 13.9. The molecule has 108 valence electrons. The Morgan fingerprint density at radius 3 is 2.67 bits per heavy atom. The highest BCUT2D eigenvalue weighted by molar-refractivity contribution is 7.98. The number of carbonyl (C=O) groups is 1. The highest BCUT2D eigenvalue weighted by Crippen LogP contribution is 2.30. The van der Waals surface area contributed by atoms with Gasteiger partial charge in [0, 0.05) is 28.4 Å². The van der Waals surface area contributed by atoms with Gasteiger partial charge in [-0.1, -0.05) is 6.07 Å². The average molecular weight is 298 g/mol. The molecule has 0 radical (unpaired) electrons. The fourth-order valence-corrected chi connectivity index (χ4v) is 3.10. The zero-order chi connectivity index (χ0) is 14.8. The highest BCUT2D eigenvalue weighted by atomic mass is 32.2. The summed E-state index contributed by atoms with van der Waals surface area (Å²) in [7, 11) is 0. The number of rotatable bonds is 2. The van der Waals surface area contributed by atoms with Crippen LogP contribution in [0.4, 0.5) is 11.4 Å². The molecule has 0 unspecified atom stereocenters. The average Bonchev–Trinajstić information content (AvgIpc) is 2.53. The van der Waals surface area contributed by atoms with Gasteiger partial charge in [-0.2, -0.15) is 0 Å². The summed E-state index contributed by atoms with van der Waals surface area (Å²) < 4.78 is 0. The van der Waals surface area contributed by atoms with Crippen LogP contribution in [-0.2, 0) is 6.42 Å². The number of nitrogens with zero attached hydrogens (tertiary/aromatic N) is 1. The van der Waals surface area contributed by atoms with Gasteiger partial charge < -0.3 is 10.6 Å². The van der Waals surface area contributed by atoms with E-state index in [0.717, 1.165) is 35.5 Å². The van der Waals surface area contributed by atoms with Gasteiger partial charge in [0.1, 0.15) is 0 Å². The number of amides is 1. The zero-order valence-corrected chi connectivity index (χ0v) is 12.8. The van der Waals surface area contributed by atoms with E-state index in [0.29, 0.717) is 5.69 Å². The smallest absolute Gasteiger partial charge is 0.258 e. The minimum atomic E-state index is 0.0502. The second kappa shape index (κ2) is 5.82. The molecule has 4 heteroatoms. The van der Waals surface area contributed by atoms with Gasteiger partial charge in [-0.3, -0.25) is 4.79 Å². The Labute approximate surface area is 129 Å². The van der Waals surface area contributed by atoms with Crippen molar-refractivity contribution < 1.29 is 4.79 Å². The number of hydrogen-bond donors (Lipinski definition) is 1. The van der Waals surface area contributed by atoms with Crippen molar-refractivity contribution in [2.24, 2.45) is 0 Å². The lowest BCUT2D eigenvalue weighted by Gasteiger charge is -2.30. The van der Waals surface area contributed by atoms with Crippen molar-refractivity contribution in [3.8, 4) is 0 Å². The van der Waals surface area contributed by atoms with Gasteiger partial charge in [-0.15, -0.1) is 11.8 Å². The molecule has 0 fully saturated rings. The predicted molar refractivity (Wildman–Crippen MR) is 89.1 cm³/mol.